The lowest BCUT2D eigenvalue weighted by atomic mass is 9.95. The van der Waals surface area contributed by atoms with Crippen LogP contribution in [0.1, 0.15) is 22.7 Å². The fourth-order valence-corrected chi connectivity index (χ4v) is 6.40. The molecule has 1 saturated heterocycles. The number of aliphatic hydroxyl groups is 1. The molecule has 2 aliphatic rings. The predicted molar refractivity (Wildman–Crippen MR) is 150 cm³/mol. The molecule has 6 rings (SSSR count). The summed E-state index contributed by atoms with van der Waals surface area (Å²) >= 11 is 8.45. The fourth-order valence-electron chi connectivity index (χ4n) is 4.45. The first-order valence-corrected chi connectivity index (χ1v) is 14.2. The Hall–Kier alpha value is -3.93. The molecule has 40 heavy (non-hydrogen) atoms. The minimum atomic E-state index is -1.27. The molecule has 8 nitrogen and oxygen atoms in total. The number of ether oxygens (including phenoxy) is 2. The molecule has 2 aliphatic heterocycles. The first-order valence-electron chi connectivity index (χ1n) is 12.1. The third-order valence-electron chi connectivity index (χ3n) is 6.34. The molecule has 0 aliphatic carbocycles. The lowest BCUT2D eigenvalue weighted by molar-refractivity contribution is -0.132. The number of nitrogens with zero attached hydrogens (tertiary/aromatic N) is 3. The van der Waals surface area contributed by atoms with E-state index in [9.17, 15) is 14.7 Å². The number of Topliss-reactive ketones (excluding diaryl/α,β-unsaturated/α-hetero) is 1. The van der Waals surface area contributed by atoms with Gasteiger partial charge in [-0.25, -0.2) is 4.39 Å². The molecule has 1 atom stereocenters. The maximum atomic E-state index is 15.2. The largest absolute Gasteiger partial charge is 0.507 e. The van der Waals surface area contributed by atoms with E-state index in [-0.39, 0.29) is 21.8 Å². The number of carbonyl (C=O) groups is 2. The molecule has 202 valence electrons. The number of benzene rings is 3. The minimum Gasteiger partial charge on any atom is -0.507 e. The zero-order valence-corrected chi connectivity index (χ0v) is 22.9. The Morgan fingerprint density at radius 1 is 1.05 bits per heavy atom. The first-order chi connectivity index (χ1) is 19.4. The molecule has 0 bridgehead atoms. The van der Waals surface area contributed by atoms with Gasteiger partial charge in [0.2, 0.25) is 5.13 Å². The second-order valence-corrected chi connectivity index (χ2v) is 11.4. The van der Waals surface area contributed by atoms with E-state index < -0.39 is 29.3 Å². The summed E-state index contributed by atoms with van der Waals surface area (Å²) in [4.78, 5) is 27.9. The smallest absolute Gasteiger partial charge is 0.301 e. The standard InChI is InChI=1S/C28H19ClFN3O5S2/c29-17-8-5-15(6-9-17)14-39-28-32-31-27(40-28)33-23(18-3-1-2-4-19(18)30)22(25(35)26(33)36)24(34)16-7-10-20-21(13-16)38-12-11-37-20/h1-10,13,23,34H,11-12,14H2/b24-22+/t23-/m1/s1. The van der Waals surface area contributed by atoms with Crippen molar-refractivity contribution in [2.24, 2.45) is 0 Å². The van der Waals surface area contributed by atoms with Crippen LogP contribution in [-0.2, 0) is 15.3 Å². The third-order valence-corrected chi connectivity index (χ3v) is 8.72. The topological polar surface area (TPSA) is 102 Å². The lowest BCUT2D eigenvalue weighted by Crippen LogP contribution is -2.29. The zero-order chi connectivity index (χ0) is 27.8. The van der Waals surface area contributed by atoms with E-state index in [1.165, 1.54) is 36.0 Å². The number of rotatable bonds is 6. The molecule has 1 N–H and O–H groups in total. The molecule has 0 saturated carbocycles. The monoisotopic (exact) mass is 595 g/mol. The van der Waals surface area contributed by atoms with Gasteiger partial charge in [0.1, 0.15) is 30.8 Å². The number of fused-ring (bicyclic) bond motifs is 1. The normalized spacial score (nSPS) is 17.9. The molecule has 3 aromatic carbocycles. The lowest BCUT2D eigenvalue weighted by Gasteiger charge is -2.23. The van der Waals surface area contributed by atoms with Crippen LogP contribution in [0.3, 0.4) is 0 Å². The summed E-state index contributed by atoms with van der Waals surface area (Å²) in [5.74, 6) is -1.57. The average molecular weight is 596 g/mol. The van der Waals surface area contributed by atoms with E-state index in [1.54, 1.807) is 30.3 Å². The van der Waals surface area contributed by atoms with Crippen molar-refractivity contribution in [3.05, 3.63) is 99.8 Å². The van der Waals surface area contributed by atoms with Gasteiger partial charge in [0, 0.05) is 21.9 Å². The van der Waals surface area contributed by atoms with Crippen molar-refractivity contribution in [2.45, 2.75) is 16.1 Å². The van der Waals surface area contributed by atoms with Crippen LogP contribution in [0.4, 0.5) is 9.52 Å². The molecule has 3 heterocycles. The molecule has 0 unspecified atom stereocenters. The van der Waals surface area contributed by atoms with Gasteiger partial charge in [0.15, 0.2) is 15.8 Å². The summed E-state index contributed by atoms with van der Waals surface area (Å²) in [6.07, 6.45) is 0. The van der Waals surface area contributed by atoms with E-state index >= 15 is 4.39 Å². The summed E-state index contributed by atoms with van der Waals surface area (Å²) in [7, 11) is 0. The van der Waals surface area contributed by atoms with E-state index in [2.05, 4.69) is 10.2 Å². The van der Waals surface area contributed by atoms with Crippen molar-refractivity contribution < 1.29 is 28.6 Å². The first kappa shape index (κ1) is 26.3. The maximum absolute atomic E-state index is 15.2. The number of amides is 1. The van der Waals surface area contributed by atoms with Gasteiger partial charge in [-0.1, -0.05) is 65.0 Å². The summed E-state index contributed by atoms with van der Waals surface area (Å²) in [6, 6.07) is 16.6. The predicted octanol–water partition coefficient (Wildman–Crippen LogP) is 6.02. The highest BCUT2D eigenvalue weighted by molar-refractivity contribution is 8.00. The summed E-state index contributed by atoms with van der Waals surface area (Å²) < 4.78 is 26.8. The van der Waals surface area contributed by atoms with Crippen LogP contribution < -0.4 is 14.4 Å². The highest BCUT2D eigenvalue weighted by Gasteiger charge is 2.49. The molecule has 1 fully saturated rings. The van der Waals surface area contributed by atoms with Gasteiger partial charge in [0.25, 0.3) is 5.78 Å². The summed E-state index contributed by atoms with van der Waals surface area (Å²) in [5, 5.41) is 20.4. The Labute approximate surface area is 241 Å². The number of halogens is 2. The minimum absolute atomic E-state index is 0.0337. The van der Waals surface area contributed by atoms with Gasteiger partial charge in [-0.2, -0.15) is 0 Å². The second kappa shape index (κ2) is 10.9. The van der Waals surface area contributed by atoms with Crippen LogP contribution in [0.25, 0.3) is 5.76 Å². The quantitative estimate of drug-likeness (QED) is 0.0949. The van der Waals surface area contributed by atoms with E-state index in [1.807, 2.05) is 12.1 Å². The fraction of sp³-hybridized carbons (Fsp3) is 0.143. The number of anilines is 1. The number of hydrogen-bond acceptors (Lipinski definition) is 9. The molecular formula is C28H19ClFN3O5S2. The van der Waals surface area contributed by atoms with E-state index in [0.29, 0.717) is 39.8 Å². The van der Waals surface area contributed by atoms with Crippen molar-refractivity contribution in [3.63, 3.8) is 0 Å². The maximum Gasteiger partial charge on any atom is 0.301 e. The molecule has 12 heteroatoms. The number of aliphatic hydroxyl groups excluding tert-OH is 1. The van der Waals surface area contributed by atoms with E-state index in [4.69, 9.17) is 21.1 Å². The molecule has 0 radical (unpaired) electrons. The van der Waals surface area contributed by atoms with Gasteiger partial charge in [0.05, 0.1) is 5.57 Å². The molecule has 1 amide bonds. The Kier molecular flexibility index (Phi) is 7.18. The highest BCUT2D eigenvalue weighted by atomic mass is 35.5. The number of carbonyl (C=O) groups excluding carboxylic acids is 2. The SMILES string of the molecule is O=C1C(=O)N(c2nnc(SCc3ccc(Cl)cc3)s2)[C@H](c2ccccc2F)/C1=C(\O)c1ccc2c(c1)OCCO2. The van der Waals surface area contributed by atoms with Crippen LogP contribution >= 0.6 is 34.7 Å². The van der Waals surface area contributed by atoms with Crippen LogP contribution in [0.15, 0.2) is 76.6 Å². The number of hydrogen-bond donors (Lipinski definition) is 1. The second-order valence-electron chi connectivity index (χ2n) is 8.81. The van der Waals surface area contributed by atoms with Gasteiger partial charge in [-0.05, 0) is 42.0 Å². The Balaban J connectivity index is 1.39. The van der Waals surface area contributed by atoms with Gasteiger partial charge >= 0.3 is 5.91 Å². The van der Waals surface area contributed by atoms with Crippen LogP contribution in [0, 0.1) is 5.82 Å². The molecular weight excluding hydrogens is 577 g/mol. The highest BCUT2D eigenvalue weighted by Crippen LogP contribution is 2.45. The molecule has 0 spiro atoms. The van der Waals surface area contributed by atoms with Gasteiger partial charge in [-0.15, -0.1) is 10.2 Å². The Morgan fingerprint density at radius 3 is 2.58 bits per heavy atom. The van der Waals surface area contributed by atoms with Crippen LogP contribution in [0.2, 0.25) is 5.02 Å². The number of aromatic nitrogens is 2. The summed E-state index contributed by atoms with van der Waals surface area (Å²) in [6.45, 7) is 0.713. The Morgan fingerprint density at radius 2 is 1.80 bits per heavy atom. The van der Waals surface area contributed by atoms with Crippen LogP contribution in [-0.4, -0.2) is 40.2 Å². The number of ketones is 1. The van der Waals surface area contributed by atoms with Gasteiger partial charge < -0.3 is 14.6 Å². The van der Waals surface area contributed by atoms with Crippen LogP contribution in [0.5, 0.6) is 11.5 Å². The molecule has 4 aromatic rings. The van der Waals surface area contributed by atoms with Crippen molar-refractivity contribution >= 4 is 57.3 Å². The van der Waals surface area contributed by atoms with Gasteiger partial charge in [-0.3, -0.25) is 14.5 Å². The van der Waals surface area contributed by atoms with Crippen molar-refractivity contribution in [2.75, 3.05) is 18.1 Å². The number of thioether (sulfide) groups is 1. The molecule has 1 aromatic heterocycles. The zero-order valence-electron chi connectivity index (χ0n) is 20.5. The summed E-state index contributed by atoms with van der Waals surface area (Å²) in [5.41, 5.74) is 1.00. The van der Waals surface area contributed by atoms with Crippen molar-refractivity contribution in [1.29, 1.82) is 0 Å². The van der Waals surface area contributed by atoms with Crippen molar-refractivity contribution in [1.82, 2.24) is 10.2 Å². The average Bonchev–Trinajstić information content (AvgIpc) is 3.54. The van der Waals surface area contributed by atoms with Crippen molar-refractivity contribution in [3.8, 4) is 11.5 Å². The Bertz CT molecular complexity index is 1660. The van der Waals surface area contributed by atoms with E-state index in [0.717, 1.165) is 21.8 Å². The third kappa shape index (κ3) is 4.91.